The molecule has 1 heterocycles. The van der Waals surface area contributed by atoms with Gasteiger partial charge in [0.15, 0.2) is 0 Å². The number of nitrogen functional groups attached to an aromatic ring is 1. The van der Waals surface area contributed by atoms with E-state index in [1.165, 1.54) is 7.11 Å². The Labute approximate surface area is 124 Å². The molecule has 1 aliphatic rings. The van der Waals surface area contributed by atoms with E-state index in [2.05, 4.69) is 5.32 Å². The number of carbonyl (C=O) groups excluding carboxylic acids is 2. The molecule has 1 aliphatic heterocycles. The highest BCUT2D eigenvalue weighted by atomic mass is 16.5. The minimum atomic E-state index is -0.155. The van der Waals surface area contributed by atoms with Crippen molar-refractivity contribution in [3.05, 3.63) is 18.2 Å². The number of hydrogen-bond acceptors (Lipinski definition) is 4. The second-order valence-electron chi connectivity index (χ2n) is 5.10. The number of methoxy groups -OCH3 is 1. The lowest BCUT2D eigenvalue weighted by Gasteiger charge is -2.26. The predicted octanol–water partition coefficient (Wildman–Crippen LogP) is 1.62. The van der Waals surface area contributed by atoms with E-state index in [1.54, 1.807) is 23.1 Å². The minimum absolute atomic E-state index is 0.135. The van der Waals surface area contributed by atoms with Crippen LogP contribution in [0.25, 0.3) is 0 Å². The zero-order valence-corrected chi connectivity index (χ0v) is 12.2. The number of piperidine rings is 1. The highest BCUT2D eigenvalue weighted by molar-refractivity contribution is 5.93. The van der Waals surface area contributed by atoms with Crippen molar-refractivity contribution in [1.29, 1.82) is 0 Å². The number of ether oxygens (including phenoxy) is 1. The molecule has 1 saturated heterocycles. The van der Waals surface area contributed by atoms with E-state index in [1.807, 2.05) is 0 Å². The first-order valence-electron chi connectivity index (χ1n) is 7.11. The molecular formula is C15H21N3O3. The van der Waals surface area contributed by atoms with E-state index in [0.717, 1.165) is 19.4 Å². The van der Waals surface area contributed by atoms with Gasteiger partial charge < -0.3 is 20.7 Å². The molecule has 0 atom stereocenters. The van der Waals surface area contributed by atoms with Crippen LogP contribution in [0.2, 0.25) is 0 Å². The van der Waals surface area contributed by atoms with Crippen LogP contribution in [-0.4, -0.2) is 36.9 Å². The third kappa shape index (κ3) is 4.11. The molecule has 21 heavy (non-hydrogen) atoms. The molecule has 0 saturated carbocycles. The molecule has 6 nitrogen and oxygen atoms in total. The van der Waals surface area contributed by atoms with Gasteiger partial charge in [-0.1, -0.05) is 0 Å². The number of carbonyl (C=O) groups is 2. The zero-order chi connectivity index (χ0) is 15.2. The summed E-state index contributed by atoms with van der Waals surface area (Å²) in [4.78, 5) is 25.4. The third-order valence-electron chi connectivity index (χ3n) is 3.53. The Balaban J connectivity index is 1.89. The molecule has 1 aromatic carbocycles. The van der Waals surface area contributed by atoms with Crippen LogP contribution in [-0.2, 0) is 9.59 Å². The molecule has 0 bridgehead atoms. The lowest BCUT2D eigenvalue weighted by Crippen LogP contribution is -2.37. The Morgan fingerprint density at radius 1 is 1.43 bits per heavy atom. The molecule has 3 N–H and O–H groups in total. The van der Waals surface area contributed by atoms with Gasteiger partial charge in [0.05, 0.1) is 12.8 Å². The van der Waals surface area contributed by atoms with Gasteiger partial charge in [0.25, 0.3) is 0 Å². The lowest BCUT2D eigenvalue weighted by molar-refractivity contribution is -0.133. The maximum Gasteiger partial charge on any atom is 0.226 e. The van der Waals surface area contributed by atoms with Gasteiger partial charge in [-0.15, -0.1) is 0 Å². The van der Waals surface area contributed by atoms with Crippen LogP contribution < -0.4 is 15.8 Å². The number of benzene rings is 1. The van der Waals surface area contributed by atoms with Gasteiger partial charge in [0.1, 0.15) is 5.75 Å². The Bertz CT molecular complexity index is 531. The fraction of sp³-hybridized carbons (Fsp3) is 0.467. The minimum Gasteiger partial charge on any atom is -0.495 e. The van der Waals surface area contributed by atoms with Gasteiger partial charge in [0, 0.05) is 31.6 Å². The number of anilines is 2. The maximum absolute atomic E-state index is 12.0. The fourth-order valence-corrected chi connectivity index (χ4v) is 2.37. The van der Waals surface area contributed by atoms with Gasteiger partial charge in [0.2, 0.25) is 11.8 Å². The molecule has 1 fully saturated rings. The number of rotatable bonds is 5. The van der Waals surface area contributed by atoms with Crippen LogP contribution in [0, 0.1) is 0 Å². The average molecular weight is 291 g/mol. The monoisotopic (exact) mass is 291 g/mol. The van der Waals surface area contributed by atoms with Crippen LogP contribution >= 0.6 is 0 Å². The van der Waals surface area contributed by atoms with Gasteiger partial charge >= 0.3 is 0 Å². The molecule has 2 rings (SSSR count). The smallest absolute Gasteiger partial charge is 0.226 e. The molecule has 114 valence electrons. The Morgan fingerprint density at radius 2 is 2.24 bits per heavy atom. The van der Waals surface area contributed by atoms with E-state index < -0.39 is 0 Å². The summed E-state index contributed by atoms with van der Waals surface area (Å²) in [7, 11) is 1.54. The molecule has 0 unspecified atom stereocenters. The summed E-state index contributed by atoms with van der Waals surface area (Å²) in [5.74, 6) is 0.541. The van der Waals surface area contributed by atoms with Gasteiger partial charge in [-0.05, 0) is 31.0 Å². The van der Waals surface area contributed by atoms with Crippen LogP contribution in [0.15, 0.2) is 18.2 Å². The molecule has 0 aliphatic carbocycles. The summed E-state index contributed by atoms with van der Waals surface area (Å²) in [5.41, 5.74) is 6.81. The largest absolute Gasteiger partial charge is 0.495 e. The van der Waals surface area contributed by atoms with Gasteiger partial charge in [-0.2, -0.15) is 0 Å². The quantitative estimate of drug-likeness (QED) is 0.807. The van der Waals surface area contributed by atoms with Crippen molar-refractivity contribution in [2.24, 2.45) is 0 Å². The Hall–Kier alpha value is -2.24. The summed E-state index contributed by atoms with van der Waals surface area (Å²) >= 11 is 0. The fourth-order valence-electron chi connectivity index (χ4n) is 2.37. The van der Waals surface area contributed by atoms with Gasteiger partial charge in [-0.25, -0.2) is 0 Å². The van der Waals surface area contributed by atoms with Crippen molar-refractivity contribution >= 4 is 23.2 Å². The highest BCUT2D eigenvalue weighted by Crippen LogP contribution is 2.26. The molecule has 0 spiro atoms. The van der Waals surface area contributed by atoms with Crippen molar-refractivity contribution < 1.29 is 14.3 Å². The van der Waals surface area contributed by atoms with Crippen molar-refractivity contribution in [2.75, 3.05) is 31.2 Å². The van der Waals surface area contributed by atoms with E-state index in [0.29, 0.717) is 30.1 Å². The predicted molar refractivity (Wildman–Crippen MR) is 81.1 cm³/mol. The first kappa shape index (κ1) is 15.2. The topological polar surface area (TPSA) is 84.7 Å². The second-order valence-corrected chi connectivity index (χ2v) is 5.10. The van der Waals surface area contributed by atoms with Crippen LogP contribution in [0.4, 0.5) is 11.4 Å². The molecule has 0 radical (unpaired) electrons. The highest BCUT2D eigenvalue weighted by Gasteiger charge is 2.18. The molecule has 1 aromatic rings. The third-order valence-corrected chi connectivity index (χ3v) is 3.53. The number of nitrogens with zero attached hydrogens (tertiary/aromatic N) is 1. The summed E-state index contributed by atoms with van der Waals surface area (Å²) < 4.78 is 5.18. The molecular weight excluding hydrogens is 270 g/mol. The Kier molecular flexibility index (Phi) is 5.03. The van der Waals surface area contributed by atoms with Crippen LogP contribution in [0.3, 0.4) is 0 Å². The molecule has 0 aromatic heterocycles. The number of likely N-dealkylation sites (tertiary alicyclic amines) is 1. The second kappa shape index (κ2) is 6.97. The first-order valence-corrected chi connectivity index (χ1v) is 7.11. The van der Waals surface area contributed by atoms with Crippen molar-refractivity contribution in [3.8, 4) is 5.75 Å². The van der Waals surface area contributed by atoms with Crippen molar-refractivity contribution in [1.82, 2.24) is 4.90 Å². The number of amides is 2. The summed E-state index contributed by atoms with van der Waals surface area (Å²) in [6.07, 6.45) is 2.81. The first-order chi connectivity index (χ1) is 10.1. The summed E-state index contributed by atoms with van der Waals surface area (Å²) in [5, 5.41) is 2.77. The van der Waals surface area contributed by atoms with E-state index in [4.69, 9.17) is 10.5 Å². The molecule has 2 amide bonds. The number of nitrogens with two attached hydrogens (primary N) is 1. The van der Waals surface area contributed by atoms with Gasteiger partial charge in [-0.3, -0.25) is 9.59 Å². The number of hydrogen-bond donors (Lipinski definition) is 2. The number of nitrogens with one attached hydrogen (secondary N) is 1. The molecule has 6 heteroatoms. The summed E-state index contributed by atoms with van der Waals surface area (Å²) in [6.45, 7) is 1.20. The summed E-state index contributed by atoms with van der Waals surface area (Å²) in [6, 6.07) is 5.07. The average Bonchev–Trinajstić information content (AvgIpc) is 2.47. The standard InChI is InChI=1S/C15H21N3O3/c1-21-13-6-5-11(16)10-12(13)17-14(19)7-9-18-8-3-2-4-15(18)20/h5-6,10H,2-4,7-9,16H2,1H3,(H,17,19). The normalized spacial score (nSPS) is 14.9. The van der Waals surface area contributed by atoms with E-state index in [-0.39, 0.29) is 18.2 Å². The van der Waals surface area contributed by atoms with Crippen molar-refractivity contribution in [3.63, 3.8) is 0 Å². The van der Waals surface area contributed by atoms with Crippen LogP contribution in [0.5, 0.6) is 5.75 Å². The van der Waals surface area contributed by atoms with E-state index >= 15 is 0 Å². The maximum atomic E-state index is 12.0. The Morgan fingerprint density at radius 3 is 2.95 bits per heavy atom. The zero-order valence-electron chi connectivity index (χ0n) is 12.2. The van der Waals surface area contributed by atoms with E-state index in [9.17, 15) is 9.59 Å². The van der Waals surface area contributed by atoms with Crippen molar-refractivity contribution in [2.45, 2.75) is 25.7 Å². The SMILES string of the molecule is COc1ccc(N)cc1NC(=O)CCN1CCCCC1=O. The lowest BCUT2D eigenvalue weighted by atomic mass is 10.1. The van der Waals surface area contributed by atoms with Crippen LogP contribution in [0.1, 0.15) is 25.7 Å².